The average Bonchev–Trinajstić information content (AvgIpc) is 3.47. The van der Waals surface area contributed by atoms with Gasteiger partial charge in [0.25, 0.3) is 0 Å². The van der Waals surface area contributed by atoms with Crippen molar-refractivity contribution >= 4 is 23.3 Å². The summed E-state index contributed by atoms with van der Waals surface area (Å²) in [7, 11) is 0. The van der Waals surface area contributed by atoms with Crippen molar-refractivity contribution in [3.63, 3.8) is 0 Å². The lowest BCUT2D eigenvalue weighted by Gasteiger charge is -2.37. The second kappa shape index (κ2) is 8.96. The molecule has 168 valence electrons. The SMILES string of the molecule is CC(C)(C)OC(=O)N1CCCC1C(=O)N1CCN(Cc2nc(-c3cccs3)no2)CC1. The Hall–Kier alpha value is -2.46. The molecule has 2 fully saturated rings. The Morgan fingerprint density at radius 2 is 2.00 bits per heavy atom. The van der Waals surface area contributed by atoms with Crippen LogP contribution in [0.15, 0.2) is 22.0 Å². The zero-order chi connectivity index (χ0) is 22.0. The van der Waals surface area contributed by atoms with Gasteiger partial charge in [0.1, 0.15) is 11.6 Å². The number of likely N-dealkylation sites (tertiary alicyclic amines) is 1. The molecule has 0 radical (unpaired) electrons. The van der Waals surface area contributed by atoms with Crippen molar-refractivity contribution in [1.29, 1.82) is 0 Å². The van der Waals surface area contributed by atoms with E-state index in [9.17, 15) is 9.59 Å². The molecule has 1 unspecified atom stereocenters. The van der Waals surface area contributed by atoms with Crippen LogP contribution in [0.4, 0.5) is 4.79 Å². The smallest absolute Gasteiger partial charge is 0.410 e. The Kier molecular flexibility index (Phi) is 6.29. The van der Waals surface area contributed by atoms with Crippen LogP contribution in [-0.4, -0.2) is 81.2 Å². The number of rotatable bonds is 4. The molecule has 10 heteroatoms. The van der Waals surface area contributed by atoms with Gasteiger partial charge in [-0.2, -0.15) is 4.98 Å². The number of carbonyl (C=O) groups excluding carboxylic acids is 2. The van der Waals surface area contributed by atoms with E-state index in [1.54, 1.807) is 16.2 Å². The summed E-state index contributed by atoms with van der Waals surface area (Å²) in [5, 5.41) is 6.04. The van der Waals surface area contributed by atoms with Crippen molar-refractivity contribution in [1.82, 2.24) is 24.8 Å². The Bertz CT molecular complexity index is 899. The minimum atomic E-state index is -0.572. The zero-order valence-corrected chi connectivity index (χ0v) is 19.1. The summed E-state index contributed by atoms with van der Waals surface area (Å²) in [5.74, 6) is 1.21. The normalized spacial score (nSPS) is 20.3. The molecule has 0 spiro atoms. The van der Waals surface area contributed by atoms with Crippen molar-refractivity contribution in [2.45, 2.75) is 51.8 Å². The molecule has 31 heavy (non-hydrogen) atoms. The number of hydrogen-bond donors (Lipinski definition) is 0. The van der Waals surface area contributed by atoms with Crippen LogP contribution in [0.3, 0.4) is 0 Å². The number of amides is 2. The Morgan fingerprint density at radius 3 is 2.68 bits per heavy atom. The molecule has 0 bridgehead atoms. The van der Waals surface area contributed by atoms with Crippen LogP contribution >= 0.6 is 11.3 Å². The number of hydrogen-bond acceptors (Lipinski definition) is 8. The minimum absolute atomic E-state index is 0.0146. The number of nitrogens with zero attached hydrogens (tertiary/aromatic N) is 5. The standard InChI is InChI=1S/C21H29N5O4S/c1-21(2,3)29-20(28)26-8-4-6-15(26)19(27)25-11-9-24(10-12-25)14-17-22-18(23-30-17)16-7-5-13-31-16/h5,7,13,15H,4,6,8-12,14H2,1-3H3. The second-order valence-corrected chi connectivity index (χ2v) is 9.87. The molecule has 0 N–H and O–H groups in total. The van der Waals surface area contributed by atoms with E-state index in [1.807, 2.05) is 43.2 Å². The van der Waals surface area contributed by atoms with Crippen molar-refractivity contribution in [3.05, 3.63) is 23.4 Å². The zero-order valence-electron chi connectivity index (χ0n) is 18.2. The third kappa shape index (κ3) is 5.24. The van der Waals surface area contributed by atoms with Crippen LogP contribution in [0.2, 0.25) is 0 Å². The lowest BCUT2D eigenvalue weighted by atomic mass is 10.1. The first-order valence-corrected chi connectivity index (χ1v) is 11.6. The van der Waals surface area contributed by atoms with Gasteiger partial charge in [-0.3, -0.25) is 14.6 Å². The Labute approximate surface area is 185 Å². The quantitative estimate of drug-likeness (QED) is 0.712. The van der Waals surface area contributed by atoms with Crippen LogP contribution in [0.5, 0.6) is 0 Å². The van der Waals surface area contributed by atoms with Gasteiger partial charge in [0.05, 0.1) is 11.4 Å². The van der Waals surface area contributed by atoms with Gasteiger partial charge in [-0.1, -0.05) is 11.2 Å². The molecule has 2 saturated heterocycles. The molecule has 0 saturated carbocycles. The highest BCUT2D eigenvalue weighted by Gasteiger charge is 2.39. The highest BCUT2D eigenvalue weighted by atomic mass is 32.1. The number of aromatic nitrogens is 2. The fraction of sp³-hybridized carbons (Fsp3) is 0.619. The van der Waals surface area contributed by atoms with Crippen molar-refractivity contribution in [2.24, 2.45) is 0 Å². The van der Waals surface area contributed by atoms with E-state index in [0.29, 0.717) is 44.3 Å². The molecule has 9 nitrogen and oxygen atoms in total. The van der Waals surface area contributed by atoms with Crippen LogP contribution in [0, 0.1) is 0 Å². The van der Waals surface area contributed by atoms with Crippen LogP contribution in [0.1, 0.15) is 39.5 Å². The van der Waals surface area contributed by atoms with E-state index in [0.717, 1.165) is 24.4 Å². The number of ether oxygens (including phenoxy) is 1. The molecule has 2 amide bonds. The van der Waals surface area contributed by atoms with Crippen molar-refractivity contribution in [2.75, 3.05) is 32.7 Å². The number of carbonyl (C=O) groups is 2. The summed E-state index contributed by atoms with van der Waals surface area (Å²) in [4.78, 5) is 36.7. The second-order valence-electron chi connectivity index (χ2n) is 8.92. The van der Waals surface area contributed by atoms with E-state index in [1.165, 1.54) is 0 Å². The molecule has 2 aliphatic rings. The van der Waals surface area contributed by atoms with E-state index in [-0.39, 0.29) is 5.91 Å². The first-order valence-electron chi connectivity index (χ1n) is 10.7. The Morgan fingerprint density at radius 1 is 1.23 bits per heavy atom. The first-order chi connectivity index (χ1) is 14.8. The van der Waals surface area contributed by atoms with Gasteiger partial charge in [-0.25, -0.2) is 4.79 Å². The molecule has 2 aromatic heterocycles. The van der Waals surface area contributed by atoms with E-state index < -0.39 is 17.7 Å². The van der Waals surface area contributed by atoms with E-state index in [4.69, 9.17) is 9.26 Å². The maximum Gasteiger partial charge on any atom is 0.410 e. The lowest BCUT2D eigenvalue weighted by molar-refractivity contribution is -0.137. The van der Waals surface area contributed by atoms with Crippen molar-refractivity contribution < 1.29 is 18.8 Å². The average molecular weight is 448 g/mol. The summed E-state index contributed by atoms with van der Waals surface area (Å²) in [6.45, 7) is 9.32. The summed E-state index contributed by atoms with van der Waals surface area (Å²) in [5.41, 5.74) is -0.572. The van der Waals surface area contributed by atoms with Gasteiger partial charge in [-0.15, -0.1) is 11.3 Å². The van der Waals surface area contributed by atoms with Crippen LogP contribution < -0.4 is 0 Å². The molecule has 1 atom stereocenters. The van der Waals surface area contributed by atoms with Gasteiger partial charge in [0.15, 0.2) is 0 Å². The summed E-state index contributed by atoms with van der Waals surface area (Å²) in [6, 6.07) is 3.50. The topological polar surface area (TPSA) is 92.0 Å². The maximum atomic E-state index is 13.1. The minimum Gasteiger partial charge on any atom is -0.444 e. The molecule has 0 aliphatic carbocycles. The highest BCUT2D eigenvalue weighted by molar-refractivity contribution is 7.13. The fourth-order valence-electron chi connectivity index (χ4n) is 3.92. The number of thiophene rings is 1. The molecular weight excluding hydrogens is 418 g/mol. The Balaban J connectivity index is 1.29. The molecular formula is C21H29N5O4S. The van der Waals surface area contributed by atoms with Gasteiger partial charge in [0.2, 0.25) is 17.6 Å². The van der Waals surface area contributed by atoms with Crippen molar-refractivity contribution in [3.8, 4) is 10.7 Å². The monoisotopic (exact) mass is 447 g/mol. The van der Waals surface area contributed by atoms with Gasteiger partial charge in [-0.05, 0) is 45.1 Å². The maximum absolute atomic E-state index is 13.1. The molecule has 0 aromatic carbocycles. The van der Waals surface area contributed by atoms with E-state index >= 15 is 0 Å². The lowest BCUT2D eigenvalue weighted by Crippen LogP contribution is -2.54. The summed E-state index contributed by atoms with van der Waals surface area (Å²) < 4.78 is 10.9. The fourth-order valence-corrected chi connectivity index (χ4v) is 4.57. The van der Waals surface area contributed by atoms with Gasteiger partial charge < -0.3 is 14.2 Å². The van der Waals surface area contributed by atoms with Gasteiger partial charge >= 0.3 is 6.09 Å². The molecule has 4 rings (SSSR count). The van der Waals surface area contributed by atoms with Gasteiger partial charge in [0, 0.05) is 32.7 Å². The largest absolute Gasteiger partial charge is 0.444 e. The van der Waals surface area contributed by atoms with Crippen LogP contribution in [0.25, 0.3) is 10.7 Å². The predicted molar refractivity (Wildman–Crippen MR) is 115 cm³/mol. The molecule has 2 aliphatic heterocycles. The third-order valence-corrected chi connectivity index (χ3v) is 6.28. The summed E-state index contributed by atoms with van der Waals surface area (Å²) in [6.07, 6.45) is 1.10. The first kappa shape index (κ1) is 21.8. The predicted octanol–water partition coefficient (Wildman–Crippen LogP) is 2.84. The third-order valence-electron chi connectivity index (χ3n) is 5.42. The highest BCUT2D eigenvalue weighted by Crippen LogP contribution is 2.24. The molecule has 2 aromatic rings. The van der Waals surface area contributed by atoms with Crippen LogP contribution in [-0.2, 0) is 16.1 Å². The molecule has 4 heterocycles. The number of piperazine rings is 1. The summed E-state index contributed by atoms with van der Waals surface area (Å²) >= 11 is 1.58. The van der Waals surface area contributed by atoms with E-state index in [2.05, 4.69) is 15.0 Å².